The van der Waals surface area contributed by atoms with Gasteiger partial charge in [0.05, 0.1) is 12.0 Å². The average Bonchev–Trinajstić information content (AvgIpc) is 2.63. The van der Waals surface area contributed by atoms with Gasteiger partial charge in [-0.05, 0) is 38.3 Å². The first-order valence-electron chi connectivity index (χ1n) is 9.35. The lowest BCUT2D eigenvalue weighted by Gasteiger charge is -2.40. The van der Waals surface area contributed by atoms with E-state index >= 15 is 0 Å². The topological polar surface area (TPSA) is 86.7 Å². The molecule has 0 heterocycles. The quantitative estimate of drug-likeness (QED) is 0.782. The molecule has 0 atom stereocenters. The smallest absolute Gasteiger partial charge is 0.335 e. The van der Waals surface area contributed by atoms with Crippen LogP contribution < -0.4 is 5.32 Å². The molecular weight excluding hydrogens is 332 g/mol. The summed E-state index contributed by atoms with van der Waals surface area (Å²) in [6, 6.07) is 6.48. The highest BCUT2D eigenvalue weighted by atomic mass is 16.4. The fourth-order valence-corrected chi connectivity index (χ4v) is 3.73. The number of benzene rings is 1. The molecule has 1 aromatic carbocycles. The van der Waals surface area contributed by atoms with Crippen LogP contribution in [-0.2, 0) is 16.0 Å². The van der Waals surface area contributed by atoms with Crippen molar-refractivity contribution < 1.29 is 19.5 Å². The number of carboxylic acids is 1. The van der Waals surface area contributed by atoms with E-state index in [4.69, 9.17) is 0 Å². The number of hydrogen-bond donors (Lipinski definition) is 2. The third kappa shape index (κ3) is 4.42. The van der Waals surface area contributed by atoms with Crippen molar-refractivity contribution in [2.75, 3.05) is 13.1 Å². The van der Waals surface area contributed by atoms with Crippen LogP contribution in [-0.4, -0.2) is 46.4 Å². The Morgan fingerprint density at radius 1 is 1.08 bits per heavy atom. The molecular formula is C20H28N2O4. The Morgan fingerprint density at radius 3 is 2.27 bits per heavy atom. The molecule has 0 unspecified atom stereocenters. The van der Waals surface area contributed by atoms with Gasteiger partial charge in [0.2, 0.25) is 11.8 Å². The zero-order chi connectivity index (χ0) is 19.2. The van der Waals surface area contributed by atoms with Gasteiger partial charge in [-0.2, -0.15) is 0 Å². The molecule has 0 spiro atoms. The molecule has 1 aliphatic rings. The first-order chi connectivity index (χ1) is 12.4. The summed E-state index contributed by atoms with van der Waals surface area (Å²) in [6.45, 7) is 5.08. The Balaban J connectivity index is 2.20. The number of likely N-dealkylation sites (N-methyl/N-ethyl adjacent to an activating group) is 1. The third-order valence-corrected chi connectivity index (χ3v) is 5.14. The van der Waals surface area contributed by atoms with Crippen molar-refractivity contribution in [3.05, 3.63) is 35.4 Å². The number of rotatable bonds is 7. The molecule has 0 bridgehead atoms. The van der Waals surface area contributed by atoms with Gasteiger partial charge in [0.25, 0.3) is 0 Å². The van der Waals surface area contributed by atoms with Gasteiger partial charge in [0, 0.05) is 13.1 Å². The second kappa shape index (κ2) is 8.83. The lowest BCUT2D eigenvalue weighted by Crippen LogP contribution is -2.60. The zero-order valence-electron chi connectivity index (χ0n) is 15.6. The molecule has 26 heavy (non-hydrogen) atoms. The average molecular weight is 360 g/mol. The van der Waals surface area contributed by atoms with Gasteiger partial charge in [-0.1, -0.05) is 37.5 Å². The van der Waals surface area contributed by atoms with Crippen molar-refractivity contribution in [3.63, 3.8) is 0 Å². The standard InChI is InChI=1S/C20H28N2O4/c1-3-22(4-2)19(26)20(12-8-5-9-13-20)21-17(23)14-15-10-6-7-11-16(15)18(24)25/h6-7,10-11H,3-5,8-9,12-14H2,1-2H3,(H,21,23)(H,24,25). The fraction of sp³-hybridized carbons (Fsp3) is 0.550. The second-order valence-corrected chi connectivity index (χ2v) is 6.81. The summed E-state index contributed by atoms with van der Waals surface area (Å²) in [5.74, 6) is -1.39. The predicted molar refractivity (Wildman–Crippen MR) is 99.0 cm³/mol. The molecule has 0 aromatic heterocycles. The fourth-order valence-electron chi connectivity index (χ4n) is 3.73. The van der Waals surface area contributed by atoms with E-state index in [1.165, 1.54) is 6.07 Å². The van der Waals surface area contributed by atoms with Crippen LogP contribution in [0.1, 0.15) is 61.9 Å². The molecule has 2 rings (SSSR count). The van der Waals surface area contributed by atoms with Crippen LogP contribution in [0.5, 0.6) is 0 Å². The van der Waals surface area contributed by atoms with Gasteiger partial charge >= 0.3 is 5.97 Å². The molecule has 1 aromatic rings. The summed E-state index contributed by atoms with van der Waals surface area (Å²) < 4.78 is 0. The van der Waals surface area contributed by atoms with Crippen molar-refractivity contribution in [1.82, 2.24) is 10.2 Å². The maximum absolute atomic E-state index is 13.1. The van der Waals surface area contributed by atoms with Crippen LogP contribution in [0.3, 0.4) is 0 Å². The van der Waals surface area contributed by atoms with E-state index in [0.29, 0.717) is 31.5 Å². The van der Waals surface area contributed by atoms with E-state index < -0.39 is 11.5 Å². The minimum atomic E-state index is -1.06. The van der Waals surface area contributed by atoms with Gasteiger partial charge in [-0.25, -0.2) is 4.79 Å². The van der Waals surface area contributed by atoms with Gasteiger partial charge in [0.15, 0.2) is 0 Å². The maximum Gasteiger partial charge on any atom is 0.335 e. The Morgan fingerprint density at radius 2 is 1.69 bits per heavy atom. The van der Waals surface area contributed by atoms with Gasteiger partial charge < -0.3 is 15.3 Å². The monoisotopic (exact) mass is 360 g/mol. The number of nitrogens with one attached hydrogen (secondary N) is 1. The second-order valence-electron chi connectivity index (χ2n) is 6.81. The first-order valence-corrected chi connectivity index (χ1v) is 9.35. The highest BCUT2D eigenvalue weighted by molar-refractivity contribution is 5.94. The minimum Gasteiger partial charge on any atom is -0.478 e. The molecule has 1 fully saturated rings. The molecule has 0 saturated heterocycles. The minimum absolute atomic E-state index is 0.0259. The van der Waals surface area contributed by atoms with Gasteiger partial charge in [-0.15, -0.1) is 0 Å². The summed E-state index contributed by atoms with van der Waals surface area (Å²) in [5, 5.41) is 12.3. The van der Waals surface area contributed by atoms with Crippen LogP contribution in [0.2, 0.25) is 0 Å². The number of carbonyl (C=O) groups excluding carboxylic acids is 2. The third-order valence-electron chi connectivity index (χ3n) is 5.14. The summed E-state index contributed by atoms with van der Waals surface area (Å²) in [6.07, 6.45) is 4.09. The summed E-state index contributed by atoms with van der Waals surface area (Å²) in [4.78, 5) is 38.9. The number of carboxylic acid groups (broad SMARTS) is 1. The van der Waals surface area contributed by atoms with Crippen LogP contribution in [0.25, 0.3) is 0 Å². The van der Waals surface area contributed by atoms with Crippen molar-refractivity contribution in [2.24, 2.45) is 0 Å². The Labute approximate surface area is 154 Å². The number of hydrogen-bond acceptors (Lipinski definition) is 3. The molecule has 0 aliphatic heterocycles. The Kier molecular flexibility index (Phi) is 6.77. The Hall–Kier alpha value is -2.37. The largest absolute Gasteiger partial charge is 0.478 e. The van der Waals surface area contributed by atoms with Gasteiger partial charge in [0.1, 0.15) is 5.54 Å². The normalized spacial score (nSPS) is 15.9. The van der Waals surface area contributed by atoms with Crippen molar-refractivity contribution in [2.45, 2.75) is 57.9 Å². The number of amides is 2. The number of nitrogens with zero attached hydrogens (tertiary/aromatic N) is 1. The van der Waals surface area contributed by atoms with Crippen molar-refractivity contribution in [1.29, 1.82) is 0 Å². The molecule has 0 radical (unpaired) electrons. The van der Waals surface area contributed by atoms with Crippen LogP contribution in [0.4, 0.5) is 0 Å². The van der Waals surface area contributed by atoms with Crippen LogP contribution >= 0.6 is 0 Å². The molecule has 6 nitrogen and oxygen atoms in total. The summed E-state index contributed by atoms with van der Waals surface area (Å²) >= 11 is 0. The SMILES string of the molecule is CCN(CC)C(=O)C1(NC(=O)Cc2ccccc2C(=O)O)CCCCC1. The van der Waals surface area contributed by atoms with Crippen molar-refractivity contribution >= 4 is 17.8 Å². The van der Waals surface area contributed by atoms with E-state index in [1.807, 2.05) is 13.8 Å². The number of aromatic carboxylic acids is 1. The summed E-state index contributed by atoms with van der Waals surface area (Å²) in [5.41, 5.74) is -0.284. The highest BCUT2D eigenvalue weighted by Crippen LogP contribution is 2.30. The molecule has 2 amide bonds. The summed E-state index contributed by atoms with van der Waals surface area (Å²) in [7, 11) is 0. The van der Waals surface area contributed by atoms with Crippen LogP contribution in [0, 0.1) is 0 Å². The molecule has 142 valence electrons. The van der Waals surface area contributed by atoms with E-state index in [1.54, 1.807) is 23.1 Å². The molecule has 6 heteroatoms. The van der Waals surface area contributed by atoms with E-state index in [0.717, 1.165) is 19.3 Å². The van der Waals surface area contributed by atoms with Gasteiger partial charge in [-0.3, -0.25) is 9.59 Å². The lowest BCUT2D eigenvalue weighted by molar-refractivity contribution is -0.143. The maximum atomic E-state index is 13.1. The first kappa shape index (κ1) is 19.9. The van der Waals surface area contributed by atoms with Crippen LogP contribution in [0.15, 0.2) is 24.3 Å². The van der Waals surface area contributed by atoms with E-state index in [2.05, 4.69) is 5.32 Å². The van der Waals surface area contributed by atoms with Crippen molar-refractivity contribution in [3.8, 4) is 0 Å². The molecule has 1 aliphatic carbocycles. The lowest BCUT2D eigenvalue weighted by atomic mass is 9.80. The molecule has 2 N–H and O–H groups in total. The van der Waals surface area contributed by atoms with E-state index in [-0.39, 0.29) is 23.8 Å². The van der Waals surface area contributed by atoms with E-state index in [9.17, 15) is 19.5 Å². The predicted octanol–water partition coefficient (Wildman–Crippen LogP) is 2.61. The molecule has 1 saturated carbocycles. The Bertz CT molecular complexity index is 662. The zero-order valence-corrected chi connectivity index (χ0v) is 15.6. The number of carbonyl (C=O) groups is 3. The highest BCUT2D eigenvalue weighted by Gasteiger charge is 2.42.